The number of fused-ring (bicyclic) bond motifs is 3. The number of anilines is 1. The molecule has 3 aromatic rings. The quantitative estimate of drug-likeness (QED) is 0.666. The Labute approximate surface area is 173 Å². The zero-order valence-electron chi connectivity index (χ0n) is 17.6. The molecule has 29 heavy (non-hydrogen) atoms. The summed E-state index contributed by atoms with van der Waals surface area (Å²) in [4.78, 5) is 5.27. The van der Waals surface area contributed by atoms with E-state index in [1.165, 1.54) is 52.9 Å². The van der Waals surface area contributed by atoms with E-state index in [1.807, 2.05) is 0 Å². The van der Waals surface area contributed by atoms with Gasteiger partial charge in [0, 0.05) is 29.8 Å². The van der Waals surface area contributed by atoms with Crippen LogP contribution in [0.5, 0.6) is 0 Å². The molecule has 5 rings (SSSR count). The maximum atomic E-state index is 5.27. The molecule has 0 spiro atoms. The van der Waals surface area contributed by atoms with Crippen molar-refractivity contribution in [1.82, 2.24) is 14.9 Å². The molecule has 2 aromatic carbocycles. The van der Waals surface area contributed by atoms with Crippen LogP contribution in [0.15, 0.2) is 42.5 Å². The zero-order chi connectivity index (χ0) is 19.8. The smallest absolute Gasteiger partial charge is 0.114 e. The highest BCUT2D eigenvalue weighted by atomic mass is 15.1. The van der Waals surface area contributed by atoms with Crippen molar-refractivity contribution in [2.75, 3.05) is 18.4 Å². The van der Waals surface area contributed by atoms with Gasteiger partial charge in [0.1, 0.15) is 5.82 Å². The van der Waals surface area contributed by atoms with Crippen LogP contribution in [0, 0.1) is 5.92 Å². The average molecular weight is 389 g/mol. The number of aryl methyl sites for hydroxylation is 1. The summed E-state index contributed by atoms with van der Waals surface area (Å²) in [6.45, 7) is 6.94. The molecule has 4 heteroatoms. The van der Waals surface area contributed by atoms with Crippen molar-refractivity contribution in [2.24, 2.45) is 5.92 Å². The maximum absolute atomic E-state index is 5.27. The highest BCUT2D eigenvalue weighted by Crippen LogP contribution is 2.36. The summed E-state index contributed by atoms with van der Waals surface area (Å²) in [5.41, 5.74) is 6.56. The van der Waals surface area contributed by atoms with E-state index in [9.17, 15) is 0 Å². The van der Waals surface area contributed by atoms with E-state index in [1.54, 1.807) is 0 Å². The Morgan fingerprint density at radius 1 is 1.07 bits per heavy atom. The van der Waals surface area contributed by atoms with Crippen molar-refractivity contribution in [3.8, 4) is 0 Å². The van der Waals surface area contributed by atoms with Gasteiger partial charge in [-0.2, -0.15) is 0 Å². The van der Waals surface area contributed by atoms with Gasteiger partial charge in [-0.3, -0.25) is 0 Å². The molecule has 152 valence electrons. The molecule has 0 amide bonds. The Kier molecular flexibility index (Phi) is 5.04. The molecule has 0 saturated carbocycles. The number of hydrogen-bond donors (Lipinski definition) is 2. The number of rotatable bonds is 4. The summed E-state index contributed by atoms with van der Waals surface area (Å²) in [5, 5.41) is 7.18. The van der Waals surface area contributed by atoms with Gasteiger partial charge in [-0.1, -0.05) is 30.3 Å². The van der Waals surface area contributed by atoms with E-state index in [2.05, 4.69) is 71.5 Å². The van der Waals surface area contributed by atoms with Gasteiger partial charge in [0.05, 0.1) is 11.0 Å². The molecular formula is C25H32N4. The van der Waals surface area contributed by atoms with Crippen molar-refractivity contribution in [3.63, 3.8) is 0 Å². The molecule has 0 aliphatic carbocycles. The third kappa shape index (κ3) is 3.55. The van der Waals surface area contributed by atoms with Gasteiger partial charge >= 0.3 is 0 Å². The third-order valence-electron chi connectivity index (χ3n) is 6.95. The van der Waals surface area contributed by atoms with Gasteiger partial charge in [-0.05, 0) is 76.2 Å². The molecule has 0 bridgehead atoms. The molecule has 2 aliphatic rings. The Morgan fingerprint density at radius 2 is 1.86 bits per heavy atom. The van der Waals surface area contributed by atoms with Crippen LogP contribution < -0.4 is 10.6 Å². The maximum Gasteiger partial charge on any atom is 0.114 e. The Morgan fingerprint density at radius 3 is 2.66 bits per heavy atom. The van der Waals surface area contributed by atoms with Crippen LogP contribution in [0.1, 0.15) is 56.1 Å². The van der Waals surface area contributed by atoms with E-state index >= 15 is 0 Å². The van der Waals surface area contributed by atoms with Crippen LogP contribution >= 0.6 is 0 Å². The van der Waals surface area contributed by atoms with Crippen LogP contribution in [0.25, 0.3) is 11.0 Å². The van der Waals surface area contributed by atoms with Crippen molar-refractivity contribution < 1.29 is 0 Å². The first-order valence-corrected chi connectivity index (χ1v) is 11.2. The number of benzene rings is 2. The molecule has 3 heterocycles. The van der Waals surface area contributed by atoms with Crippen LogP contribution in [0.2, 0.25) is 0 Å². The van der Waals surface area contributed by atoms with Crippen LogP contribution in [0.3, 0.4) is 0 Å². The first-order chi connectivity index (χ1) is 14.2. The summed E-state index contributed by atoms with van der Waals surface area (Å²) in [7, 11) is 0. The standard InChI is InChI=1S/C25H32N4/c1-17-8-9-21-22(27-17)10-11-23-25(21)28-24(16-19-6-4-3-5-7-19)29(23)18(2)20-12-14-26-15-13-20/h3-7,10-11,17-18,20,26-27H,8-9,12-16H2,1-2H3/t17-,18?/m0/s1. The predicted octanol–water partition coefficient (Wildman–Crippen LogP) is 4.93. The molecule has 4 nitrogen and oxygen atoms in total. The van der Waals surface area contributed by atoms with E-state index in [0.717, 1.165) is 25.9 Å². The number of aromatic nitrogens is 2. The molecule has 1 unspecified atom stereocenters. The summed E-state index contributed by atoms with van der Waals surface area (Å²) < 4.78 is 2.57. The van der Waals surface area contributed by atoms with E-state index in [-0.39, 0.29) is 0 Å². The monoisotopic (exact) mass is 388 g/mol. The molecular weight excluding hydrogens is 356 g/mol. The number of nitrogens with zero attached hydrogens (tertiary/aromatic N) is 2. The van der Waals surface area contributed by atoms with Gasteiger partial charge in [0.25, 0.3) is 0 Å². The van der Waals surface area contributed by atoms with Crippen molar-refractivity contribution in [1.29, 1.82) is 0 Å². The molecule has 2 aliphatic heterocycles. The number of piperidine rings is 1. The van der Waals surface area contributed by atoms with E-state index in [4.69, 9.17) is 4.98 Å². The summed E-state index contributed by atoms with van der Waals surface area (Å²) in [5.74, 6) is 1.92. The minimum Gasteiger partial charge on any atom is -0.382 e. The van der Waals surface area contributed by atoms with Gasteiger partial charge in [-0.25, -0.2) is 4.98 Å². The van der Waals surface area contributed by atoms with Gasteiger partial charge in [-0.15, -0.1) is 0 Å². The number of nitrogens with one attached hydrogen (secondary N) is 2. The first kappa shape index (κ1) is 18.7. The second-order valence-corrected chi connectivity index (χ2v) is 8.93. The van der Waals surface area contributed by atoms with Crippen LogP contribution in [-0.2, 0) is 12.8 Å². The van der Waals surface area contributed by atoms with Gasteiger partial charge in [0.2, 0.25) is 0 Å². The van der Waals surface area contributed by atoms with Gasteiger partial charge < -0.3 is 15.2 Å². The van der Waals surface area contributed by atoms with E-state index in [0.29, 0.717) is 18.0 Å². The molecule has 2 N–H and O–H groups in total. The minimum absolute atomic E-state index is 0.467. The second-order valence-electron chi connectivity index (χ2n) is 8.93. The Balaban J connectivity index is 1.62. The second kappa shape index (κ2) is 7.83. The molecule has 1 fully saturated rings. The van der Waals surface area contributed by atoms with E-state index < -0.39 is 0 Å². The molecule has 0 radical (unpaired) electrons. The van der Waals surface area contributed by atoms with Crippen molar-refractivity contribution >= 4 is 16.7 Å². The topological polar surface area (TPSA) is 41.9 Å². The normalized spacial score (nSPS) is 21.0. The number of hydrogen-bond acceptors (Lipinski definition) is 3. The van der Waals surface area contributed by atoms with Crippen LogP contribution in [0.4, 0.5) is 5.69 Å². The number of imidazole rings is 1. The molecule has 2 atom stereocenters. The lowest BCUT2D eigenvalue weighted by atomic mass is 9.90. The SMILES string of the molecule is CC(C1CCNCC1)n1c(Cc2ccccc2)nc2c3c(ccc21)N[C@@H](C)CC3. The molecule has 1 aromatic heterocycles. The average Bonchev–Trinajstić information content (AvgIpc) is 3.12. The predicted molar refractivity (Wildman–Crippen MR) is 121 cm³/mol. The minimum atomic E-state index is 0.467. The fraction of sp³-hybridized carbons (Fsp3) is 0.480. The fourth-order valence-corrected chi connectivity index (χ4v) is 5.25. The lowest BCUT2D eigenvalue weighted by Gasteiger charge is -2.31. The largest absolute Gasteiger partial charge is 0.382 e. The highest BCUT2D eigenvalue weighted by molar-refractivity contribution is 5.86. The van der Waals surface area contributed by atoms with Crippen molar-refractivity contribution in [2.45, 2.75) is 58.0 Å². The van der Waals surface area contributed by atoms with Gasteiger partial charge in [0.15, 0.2) is 0 Å². The Hall–Kier alpha value is -2.33. The van der Waals surface area contributed by atoms with Crippen molar-refractivity contribution in [3.05, 3.63) is 59.4 Å². The summed E-state index contributed by atoms with van der Waals surface area (Å²) >= 11 is 0. The van der Waals surface area contributed by atoms with Crippen LogP contribution in [-0.4, -0.2) is 28.7 Å². The lowest BCUT2D eigenvalue weighted by molar-refractivity contribution is 0.276. The highest BCUT2D eigenvalue weighted by Gasteiger charge is 2.27. The lowest BCUT2D eigenvalue weighted by Crippen LogP contribution is -2.32. The first-order valence-electron chi connectivity index (χ1n) is 11.2. The molecule has 1 saturated heterocycles. The third-order valence-corrected chi connectivity index (χ3v) is 6.95. The summed E-state index contributed by atoms with van der Waals surface area (Å²) in [6, 6.07) is 16.4. The Bertz CT molecular complexity index is 985. The fourth-order valence-electron chi connectivity index (χ4n) is 5.25. The zero-order valence-corrected chi connectivity index (χ0v) is 17.6. The summed E-state index contributed by atoms with van der Waals surface area (Å²) in [6.07, 6.45) is 5.68.